The lowest BCUT2D eigenvalue weighted by molar-refractivity contribution is 0.458. The van der Waals surface area contributed by atoms with Crippen LogP contribution in [0.5, 0.6) is 0 Å². The molecule has 0 aromatic carbocycles. The van der Waals surface area contributed by atoms with Crippen LogP contribution in [0, 0.1) is 0 Å². The van der Waals surface area contributed by atoms with Crippen LogP contribution in [0.1, 0.15) is 30.2 Å². The molecule has 0 aliphatic carbocycles. The van der Waals surface area contributed by atoms with Gasteiger partial charge in [-0.1, -0.05) is 11.6 Å². The van der Waals surface area contributed by atoms with Gasteiger partial charge >= 0.3 is 0 Å². The van der Waals surface area contributed by atoms with E-state index in [1.54, 1.807) is 11.3 Å². The van der Waals surface area contributed by atoms with Crippen molar-refractivity contribution >= 4 is 22.9 Å². The molecule has 2 N–H and O–H groups in total. The van der Waals surface area contributed by atoms with E-state index in [9.17, 15) is 0 Å². The van der Waals surface area contributed by atoms with Crippen LogP contribution in [0.2, 0.25) is 4.34 Å². The average molecular weight is 245 g/mol. The standard InChI is InChI=1S/C11H17ClN2S/c1-13-9(7-8-3-2-6-14-8)10-4-5-11(12)15-10/h4-5,8-9,13-14H,2-3,6-7H2,1H3. The van der Waals surface area contributed by atoms with Crippen molar-refractivity contribution in [2.24, 2.45) is 0 Å². The number of rotatable bonds is 4. The molecule has 84 valence electrons. The third-order valence-electron chi connectivity index (χ3n) is 2.97. The fourth-order valence-electron chi connectivity index (χ4n) is 2.13. The highest BCUT2D eigenvalue weighted by molar-refractivity contribution is 7.16. The summed E-state index contributed by atoms with van der Waals surface area (Å²) in [6.07, 6.45) is 3.77. The van der Waals surface area contributed by atoms with Crippen LogP contribution in [-0.2, 0) is 0 Å². The van der Waals surface area contributed by atoms with Gasteiger partial charge in [-0.2, -0.15) is 0 Å². The Hall–Kier alpha value is -0.0900. The van der Waals surface area contributed by atoms with Gasteiger partial charge in [0.1, 0.15) is 0 Å². The molecule has 1 saturated heterocycles. The molecule has 0 bridgehead atoms. The molecule has 0 radical (unpaired) electrons. The topological polar surface area (TPSA) is 24.1 Å². The average Bonchev–Trinajstić information content (AvgIpc) is 2.85. The number of nitrogens with one attached hydrogen (secondary N) is 2. The Kier molecular flexibility index (Phi) is 4.03. The maximum Gasteiger partial charge on any atom is 0.0931 e. The normalized spacial score (nSPS) is 23.2. The quantitative estimate of drug-likeness (QED) is 0.851. The summed E-state index contributed by atoms with van der Waals surface area (Å²) in [5.74, 6) is 0. The van der Waals surface area contributed by atoms with Crippen molar-refractivity contribution in [2.75, 3.05) is 13.6 Å². The van der Waals surface area contributed by atoms with Crippen molar-refractivity contribution in [1.82, 2.24) is 10.6 Å². The molecule has 1 aliphatic heterocycles. The molecular weight excluding hydrogens is 228 g/mol. The molecule has 2 unspecified atom stereocenters. The summed E-state index contributed by atoms with van der Waals surface area (Å²) in [5.41, 5.74) is 0. The van der Waals surface area contributed by atoms with Crippen LogP contribution in [0.15, 0.2) is 12.1 Å². The highest BCUT2D eigenvalue weighted by Crippen LogP contribution is 2.30. The molecule has 1 fully saturated rings. The molecule has 0 spiro atoms. The first kappa shape index (κ1) is 11.4. The van der Waals surface area contributed by atoms with Crippen LogP contribution in [0.3, 0.4) is 0 Å². The van der Waals surface area contributed by atoms with E-state index in [2.05, 4.69) is 16.7 Å². The van der Waals surface area contributed by atoms with Crippen LogP contribution in [0.25, 0.3) is 0 Å². The van der Waals surface area contributed by atoms with Gasteiger partial charge in [0.2, 0.25) is 0 Å². The zero-order valence-electron chi connectivity index (χ0n) is 8.92. The van der Waals surface area contributed by atoms with Crippen molar-refractivity contribution in [1.29, 1.82) is 0 Å². The zero-order valence-corrected chi connectivity index (χ0v) is 10.5. The molecular formula is C11H17ClN2S. The largest absolute Gasteiger partial charge is 0.314 e. The summed E-state index contributed by atoms with van der Waals surface area (Å²) in [6.45, 7) is 1.17. The highest BCUT2D eigenvalue weighted by Gasteiger charge is 2.20. The van der Waals surface area contributed by atoms with Crippen LogP contribution in [-0.4, -0.2) is 19.6 Å². The van der Waals surface area contributed by atoms with Crippen molar-refractivity contribution in [2.45, 2.75) is 31.3 Å². The second-order valence-corrected chi connectivity index (χ2v) is 5.76. The Bertz CT molecular complexity index is 307. The number of halogens is 1. The van der Waals surface area contributed by atoms with Crippen molar-refractivity contribution in [3.8, 4) is 0 Å². The Morgan fingerprint density at radius 1 is 1.67 bits per heavy atom. The Balaban J connectivity index is 1.97. The molecule has 1 aromatic heterocycles. The first-order valence-electron chi connectivity index (χ1n) is 5.45. The highest BCUT2D eigenvalue weighted by atomic mass is 35.5. The number of thiophene rings is 1. The minimum atomic E-state index is 0.443. The monoisotopic (exact) mass is 244 g/mol. The fourth-order valence-corrected chi connectivity index (χ4v) is 3.32. The smallest absolute Gasteiger partial charge is 0.0931 e. The van der Waals surface area contributed by atoms with Gasteiger partial charge in [0.25, 0.3) is 0 Å². The summed E-state index contributed by atoms with van der Waals surface area (Å²) in [5, 5.41) is 6.90. The van der Waals surface area contributed by atoms with Gasteiger partial charge in [-0.25, -0.2) is 0 Å². The first-order chi connectivity index (χ1) is 7.29. The zero-order chi connectivity index (χ0) is 10.7. The lowest BCUT2D eigenvalue weighted by atomic mass is 10.0. The van der Waals surface area contributed by atoms with Crippen LogP contribution >= 0.6 is 22.9 Å². The Morgan fingerprint density at radius 3 is 3.07 bits per heavy atom. The molecule has 2 atom stereocenters. The maximum atomic E-state index is 5.95. The second kappa shape index (κ2) is 5.30. The molecule has 1 aromatic rings. The molecule has 2 heterocycles. The summed E-state index contributed by atoms with van der Waals surface area (Å²) in [6, 6.07) is 5.22. The van der Waals surface area contributed by atoms with Crippen molar-refractivity contribution in [3.05, 3.63) is 21.3 Å². The SMILES string of the molecule is CNC(CC1CCCN1)c1ccc(Cl)s1. The molecule has 1 aliphatic rings. The molecule has 4 heteroatoms. The van der Waals surface area contributed by atoms with Gasteiger partial charge in [-0.3, -0.25) is 0 Å². The van der Waals surface area contributed by atoms with E-state index in [0.29, 0.717) is 12.1 Å². The third kappa shape index (κ3) is 2.94. The second-order valence-electron chi connectivity index (χ2n) is 4.01. The summed E-state index contributed by atoms with van der Waals surface area (Å²) >= 11 is 7.63. The van der Waals surface area contributed by atoms with Crippen LogP contribution in [0.4, 0.5) is 0 Å². The molecule has 0 saturated carbocycles. The fraction of sp³-hybridized carbons (Fsp3) is 0.636. The van der Waals surface area contributed by atoms with Crippen molar-refractivity contribution < 1.29 is 0 Å². The minimum Gasteiger partial charge on any atom is -0.314 e. The summed E-state index contributed by atoms with van der Waals surface area (Å²) < 4.78 is 0.879. The third-order valence-corrected chi connectivity index (χ3v) is 4.31. The van der Waals surface area contributed by atoms with E-state index in [1.165, 1.54) is 24.3 Å². The maximum absolute atomic E-state index is 5.95. The van der Waals surface area contributed by atoms with Gasteiger partial charge in [0.15, 0.2) is 0 Å². The lowest BCUT2D eigenvalue weighted by Gasteiger charge is -2.19. The predicted molar refractivity (Wildman–Crippen MR) is 66.8 cm³/mol. The molecule has 2 rings (SSSR count). The van der Waals surface area contributed by atoms with E-state index in [1.807, 2.05) is 13.1 Å². The van der Waals surface area contributed by atoms with E-state index in [-0.39, 0.29) is 0 Å². The summed E-state index contributed by atoms with van der Waals surface area (Å²) in [7, 11) is 2.02. The predicted octanol–water partition coefficient (Wildman–Crippen LogP) is 2.80. The van der Waals surface area contributed by atoms with Crippen LogP contribution < -0.4 is 10.6 Å². The first-order valence-corrected chi connectivity index (χ1v) is 6.65. The van der Waals surface area contributed by atoms with E-state index < -0.39 is 0 Å². The molecule has 2 nitrogen and oxygen atoms in total. The molecule has 15 heavy (non-hydrogen) atoms. The van der Waals surface area contributed by atoms with Gasteiger partial charge in [-0.15, -0.1) is 11.3 Å². The van der Waals surface area contributed by atoms with Gasteiger partial charge in [-0.05, 0) is 45.0 Å². The van der Waals surface area contributed by atoms with Gasteiger partial charge in [0, 0.05) is 17.0 Å². The van der Waals surface area contributed by atoms with E-state index in [4.69, 9.17) is 11.6 Å². The van der Waals surface area contributed by atoms with Gasteiger partial charge in [0.05, 0.1) is 4.34 Å². The van der Waals surface area contributed by atoms with E-state index in [0.717, 1.165) is 10.8 Å². The Labute approximate surface area is 100 Å². The lowest BCUT2D eigenvalue weighted by Crippen LogP contribution is -2.28. The Morgan fingerprint density at radius 2 is 2.53 bits per heavy atom. The molecule has 0 amide bonds. The van der Waals surface area contributed by atoms with Gasteiger partial charge < -0.3 is 10.6 Å². The minimum absolute atomic E-state index is 0.443. The number of hydrogen-bond donors (Lipinski definition) is 2. The van der Waals surface area contributed by atoms with Crippen molar-refractivity contribution in [3.63, 3.8) is 0 Å². The summed E-state index contributed by atoms with van der Waals surface area (Å²) in [4.78, 5) is 1.34. The number of hydrogen-bond acceptors (Lipinski definition) is 3. The van der Waals surface area contributed by atoms with E-state index >= 15 is 0 Å².